The molecule has 1 amide bonds. The Morgan fingerprint density at radius 1 is 1.24 bits per heavy atom. The van der Waals surface area contributed by atoms with Crippen molar-refractivity contribution < 1.29 is 18.8 Å². The van der Waals surface area contributed by atoms with Crippen LogP contribution in [0.15, 0.2) is 47.5 Å². The fourth-order valence-corrected chi connectivity index (χ4v) is 3.17. The van der Waals surface area contributed by atoms with Crippen LogP contribution in [0.4, 0.5) is 0 Å². The van der Waals surface area contributed by atoms with Crippen molar-refractivity contribution in [2.75, 3.05) is 39.9 Å². The van der Waals surface area contributed by atoms with Crippen molar-refractivity contribution in [2.45, 2.75) is 13.5 Å². The SMILES string of the molecule is C=CCOc1ccc(/C=C/C(=O)N2CCN(Cc3cc(C)no3)CC2)cc1OC. The summed E-state index contributed by atoms with van der Waals surface area (Å²) in [6.45, 7) is 9.67. The Morgan fingerprint density at radius 3 is 2.69 bits per heavy atom. The fourth-order valence-electron chi connectivity index (χ4n) is 3.17. The zero-order valence-corrected chi connectivity index (χ0v) is 17.0. The van der Waals surface area contributed by atoms with Crippen molar-refractivity contribution in [3.8, 4) is 11.5 Å². The molecule has 154 valence electrons. The van der Waals surface area contributed by atoms with Gasteiger partial charge in [0.2, 0.25) is 5.91 Å². The van der Waals surface area contributed by atoms with Gasteiger partial charge in [0.05, 0.1) is 19.3 Å². The topological polar surface area (TPSA) is 68.0 Å². The number of carbonyl (C=O) groups excluding carboxylic acids is 1. The van der Waals surface area contributed by atoms with Gasteiger partial charge >= 0.3 is 0 Å². The standard InChI is InChI=1S/C22H27N3O4/c1-4-13-28-20-7-5-18(15-21(20)27-3)6-8-22(26)25-11-9-24(10-12-25)16-19-14-17(2)23-29-19/h4-8,14-15H,1,9-13,16H2,2-3H3/b8-6+. The highest BCUT2D eigenvalue weighted by atomic mass is 16.5. The summed E-state index contributed by atoms with van der Waals surface area (Å²) < 4.78 is 16.2. The lowest BCUT2D eigenvalue weighted by atomic mass is 10.2. The number of nitrogens with zero attached hydrogens (tertiary/aromatic N) is 3. The van der Waals surface area contributed by atoms with Crippen molar-refractivity contribution in [3.05, 3.63) is 60.0 Å². The van der Waals surface area contributed by atoms with E-state index in [4.69, 9.17) is 14.0 Å². The monoisotopic (exact) mass is 397 g/mol. The molecule has 1 saturated heterocycles. The summed E-state index contributed by atoms with van der Waals surface area (Å²) >= 11 is 0. The van der Waals surface area contributed by atoms with Crippen molar-refractivity contribution in [1.29, 1.82) is 0 Å². The maximum absolute atomic E-state index is 12.5. The minimum absolute atomic E-state index is 0.00566. The lowest BCUT2D eigenvalue weighted by Crippen LogP contribution is -2.47. The molecule has 0 unspecified atom stereocenters. The number of methoxy groups -OCH3 is 1. The van der Waals surface area contributed by atoms with Crippen LogP contribution in [0.3, 0.4) is 0 Å². The third-order valence-electron chi connectivity index (χ3n) is 4.70. The Morgan fingerprint density at radius 2 is 2.03 bits per heavy atom. The largest absolute Gasteiger partial charge is 0.493 e. The molecule has 0 saturated carbocycles. The van der Waals surface area contributed by atoms with E-state index < -0.39 is 0 Å². The van der Waals surface area contributed by atoms with Gasteiger partial charge in [-0.25, -0.2) is 0 Å². The van der Waals surface area contributed by atoms with Crippen LogP contribution in [0, 0.1) is 6.92 Å². The number of benzene rings is 1. The van der Waals surface area contributed by atoms with E-state index in [0.29, 0.717) is 31.2 Å². The molecule has 0 spiro atoms. The van der Waals surface area contributed by atoms with Gasteiger partial charge < -0.3 is 18.9 Å². The molecule has 0 atom stereocenters. The van der Waals surface area contributed by atoms with E-state index in [9.17, 15) is 4.79 Å². The third kappa shape index (κ3) is 5.71. The fraction of sp³-hybridized carbons (Fsp3) is 0.364. The molecule has 7 heteroatoms. The Balaban J connectivity index is 1.52. The highest BCUT2D eigenvalue weighted by molar-refractivity contribution is 5.92. The second-order valence-electron chi connectivity index (χ2n) is 6.88. The van der Waals surface area contributed by atoms with Gasteiger partial charge in [0.15, 0.2) is 17.3 Å². The molecule has 2 heterocycles. The summed E-state index contributed by atoms with van der Waals surface area (Å²) in [5.41, 5.74) is 1.76. The van der Waals surface area contributed by atoms with Gasteiger partial charge in [0.1, 0.15) is 6.61 Å². The molecule has 2 aromatic rings. The number of piperazine rings is 1. The van der Waals surface area contributed by atoms with Gasteiger partial charge in [-0.15, -0.1) is 0 Å². The van der Waals surface area contributed by atoms with Gasteiger partial charge in [-0.3, -0.25) is 9.69 Å². The maximum Gasteiger partial charge on any atom is 0.246 e. The Hall–Kier alpha value is -3.06. The molecule has 1 aromatic heterocycles. The van der Waals surface area contributed by atoms with Crippen LogP contribution in [-0.2, 0) is 11.3 Å². The van der Waals surface area contributed by atoms with Crippen LogP contribution >= 0.6 is 0 Å². The predicted octanol–water partition coefficient (Wildman–Crippen LogP) is 2.91. The summed E-state index contributed by atoms with van der Waals surface area (Å²) in [7, 11) is 1.59. The Kier molecular flexibility index (Phi) is 7.08. The highest BCUT2D eigenvalue weighted by Crippen LogP contribution is 2.28. The average molecular weight is 397 g/mol. The number of ether oxygens (including phenoxy) is 2. The van der Waals surface area contributed by atoms with E-state index in [0.717, 1.165) is 36.7 Å². The average Bonchev–Trinajstić information content (AvgIpc) is 3.15. The van der Waals surface area contributed by atoms with Crippen LogP contribution in [0.5, 0.6) is 11.5 Å². The van der Waals surface area contributed by atoms with Crippen molar-refractivity contribution >= 4 is 12.0 Å². The van der Waals surface area contributed by atoms with Gasteiger partial charge in [-0.2, -0.15) is 0 Å². The highest BCUT2D eigenvalue weighted by Gasteiger charge is 2.20. The molecule has 3 rings (SSSR count). The van der Waals surface area contributed by atoms with Crippen molar-refractivity contribution in [1.82, 2.24) is 15.0 Å². The lowest BCUT2D eigenvalue weighted by molar-refractivity contribution is -0.127. The zero-order valence-electron chi connectivity index (χ0n) is 17.0. The normalized spacial score (nSPS) is 14.9. The number of carbonyl (C=O) groups is 1. The minimum atomic E-state index is 0.00566. The van der Waals surface area contributed by atoms with Crippen LogP contribution in [0.2, 0.25) is 0 Å². The number of hydrogen-bond acceptors (Lipinski definition) is 6. The molecule has 1 aromatic carbocycles. The summed E-state index contributed by atoms with van der Waals surface area (Å²) in [5.74, 6) is 2.13. The smallest absolute Gasteiger partial charge is 0.246 e. The first-order chi connectivity index (χ1) is 14.1. The lowest BCUT2D eigenvalue weighted by Gasteiger charge is -2.33. The second kappa shape index (κ2) is 9.93. The van der Waals surface area contributed by atoms with E-state index in [-0.39, 0.29) is 5.91 Å². The molecule has 0 aliphatic carbocycles. The first-order valence-corrected chi connectivity index (χ1v) is 9.62. The molecule has 29 heavy (non-hydrogen) atoms. The molecule has 1 aliphatic rings. The van der Waals surface area contributed by atoms with Gasteiger partial charge in [-0.1, -0.05) is 23.9 Å². The Labute approximate surface area is 171 Å². The molecule has 1 fully saturated rings. The molecule has 0 bridgehead atoms. The summed E-state index contributed by atoms with van der Waals surface area (Å²) in [5, 5.41) is 3.91. The van der Waals surface area contributed by atoms with E-state index in [1.165, 1.54) is 0 Å². The number of aromatic nitrogens is 1. The predicted molar refractivity (Wildman–Crippen MR) is 111 cm³/mol. The van der Waals surface area contributed by atoms with E-state index in [2.05, 4.69) is 16.6 Å². The van der Waals surface area contributed by atoms with Gasteiger partial charge in [0.25, 0.3) is 0 Å². The van der Waals surface area contributed by atoms with Crippen LogP contribution in [-0.4, -0.2) is 60.8 Å². The zero-order chi connectivity index (χ0) is 20.6. The molecular formula is C22H27N3O4. The van der Waals surface area contributed by atoms with Crippen molar-refractivity contribution in [3.63, 3.8) is 0 Å². The van der Waals surface area contributed by atoms with E-state index in [1.54, 1.807) is 25.3 Å². The van der Waals surface area contributed by atoms with Crippen LogP contribution in [0.1, 0.15) is 17.0 Å². The summed E-state index contributed by atoms with van der Waals surface area (Å²) in [6, 6.07) is 7.51. The molecule has 0 radical (unpaired) electrons. The molecule has 1 aliphatic heterocycles. The first-order valence-electron chi connectivity index (χ1n) is 9.62. The number of amides is 1. The summed E-state index contributed by atoms with van der Waals surface area (Å²) in [6.07, 6.45) is 5.08. The van der Waals surface area contributed by atoms with Gasteiger partial charge in [-0.05, 0) is 30.7 Å². The quantitative estimate of drug-likeness (QED) is 0.504. The van der Waals surface area contributed by atoms with Crippen LogP contribution in [0.25, 0.3) is 6.08 Å². The molecule has 0 N–H and O–H groups in total. The second-order valence-corrected chi connectivity index (χ2v) is 6.88. The number of hydrogen-bond donors (Lipinski definition) is 0. The minimum Gasteiger partial charge on any atom is -0.493 e. The maximum atomic E-state index is 12.5. The number of rotatable bonds is 8. The van der Waals surface area contributed by atoms with Crippen molar-refractivity contribution in [2.24, 2.45) is 0 Å². The molecular weight excluding hydrogens is 370 g/mol. The number of aryl methyl sites for hydroxylation is 1. The first kappa shape index (κ1) is 20.7. The van der Waals surface area contributed by atoms with Gasteiger partial charge in [0, 0.05) is 38.3 Å². The summed E-state index contributed by atoms with van der Waals surface area (Å²) in [4.78, 5) is 16.7. The van der Waals surface area contributed by atoms with E-state index in [1.807, 2.05) is 36.1 Å². The Bertz CT molecular complexity index is 867. The molecule has 7 nitrogen and oxygen atoms in total. The van der Waals surface area contributed by atoms with E-state index >= 15 is 0 Å². The van der Waals surface area contributed by atoms with Crippen LogP contribution < -0.4 is 9.47 Å². The third-order valence-corrected chi connectivity index (χ3v) is 4.70.